The van der Waals surface area contributed by atoms with Crippen molar-refractivity contribution in [3.63, 3.8) is 0 Å². The molecule has 0 aromatic heterocycles. The van der Waals surface area contributed by atoms with Gasteiger partial charge in [0.25, 0.3) is 5.91 Å². The Bertz CT molecular complexity index is 424. The predicted octanol–water partition coefficient (Wildman–Crippen LogP) is 0.784. The lowest BCUT2D eigenvalue weighted by molar-refractivity contribution is -0.120. The summed E-state index contributed by atoms with van der Waals surface area (Å²) in [5.74, 6) is -0.478. The Balaban J connectivity index is 2.38. The summed E-state index contributed by atoms with van der Waals surface area (Å²) in [6, 6.07) is 7.21. The summed E-state index contributed by atoms with van der Waals surface area (Å²) in [4.78, 5) is 23.1. The summed E-state index contributed by atoms with van der Waals surface area (Å²) >= 11 is 2.08. The number of carbonyl (C=O) groups excluding carboxylic acids is 2. The summed E-state index contributed by atoms with van der Waals surface area (Å²) in [6.07, 6.45) is 0. The molecule has 0 fully saturated rings. The van der Waals surface area contributed by atoms with E-state index in [0.29, 0.717) is 18.7 Å². The van der Waals surface area contributed by atoms with Gasteiger partial charge in [0.1, 0.15) is 0 Å². The number of halogens is 1. The second-order valence-corrected chi connectivity index (χ2v) is 4.67. The van der Waals surface area contributed by atoms with Gasteiger partial charge in [-0.15, -0.1) is 0 Å². The molecule has 0 spiro atoms. The second-order valence-electron chi connectivity index (χ2n) is 3.51. The van der Waals surface area contributed by atoms with E-state index >= 15 is 0 Å². The molecular weight excluding hydrogens is 347 g/mol. The van der Waals surface area contributed by atoms with Gasteiger partial charge >= 0.3 is 0 Å². The number of nitrogens with one attached hydrogen (secondary N) is 2. The van der Waals surface area contributed by atoms with Crippen molar-refractivity contribution in [2.75, 3.05) is 26.8 Å². The molecule has 0 unspecified atom stereocenters. The molecule has 1 aromatic rings. The van der Waals surface area contributed by atoms with E-state index in [9.17, 15) is 9.59 Å². The van der Waals surface area contributed by atoms with E-state index in [0.717, 1.165) is 3.57 Å². The average Bonchev–Trinajstić information content (AvgIpc) is 2.37. The minimum absolute atomic E-state index is 0.0342. The molecule has 0 saturated heterocycles. The first-order chi connectivity index (χ1) is 8.65. The Hall–Kier alpha value is -1.15. The van der Waals surface area contributed by atoms with Crippen LogP contribution in [-0.4, -0.2) is 38.6 Å². The third-order valence-corrected chi connectivity index (χ3v) is 3.10. The van der Waals surface area contributed by atoms with E-state index in [2.05, 4.69) is 33.2 Å². The Kier molecular flexibility index (Phi) is 6.66. The van der Waals surface area contributed by atoms with Crippen molar-refractivity contribution < 1.29 is 14.3 Å². The molecule has 0 heterocycles. The van der Waals surface area contributed by atoms with E-state index in [1.54, 1.807) is 19.2 Å². The molecule has 0 radical (unpaired) electrons. The first kappa shape index (κ1) is 14.9. The maximum absolute atomic E-state index is 11.8. The summed E-state index contributed by atoms with van der Waals surface area (Å²) in [7, 11) is 1.56. The van der Waals surface area contributed by atoms with Crippen LogP contribution in [0.2, 0.25) is 0 Å². The SMILES string of the molecule is COCCNC(=O)CNC(=O)c1ccccc1I. The molecule has 0 aliphatic rings. The zero-order valence-corrected chi connectivity index (χ0v) is 12.2. The van der Waals surface area contributed by atoms with Crippen LogP contribution >= 0.6 is 22.6 Å². The Morgan fingerprint density at radius 2 is 2.00 bits per heavy atom. The van der Waals surface area contributed by atoms with Crippen LogP contribution in [0.5, 0.6) is 0 Å². The highest BCUT2D eigenvalue weighted by Gasteiger charge is 2.10. The molecule has 0 atom stereocenters. The lowest BCUT2D eigenvalue weighted by Crippen LogP contribution is -2.38. The quantitative estimate of drug-likeness (QED) is 0.581. The number of ether oxygens (including phenoxy) is 1. The highest BCUT2D eigenvalue weighted by molar-refractivity contribution is 14.1. The summed E-state index contributed by atoms with van der Waals surface area (Å²) in [5.41, 5.74) is 0.572. The molecule has 0 aliphatic heterocycles. The molecular formula is C12H15IN2O3. The van der Waals surface area contributed by atoms with E-state index in [4.69, 9.17) is 4.74 Å². The lowest BCUT2D eigenvalue weighted by atomic mass is 10.2. The molecule has 0 aliphatic carbocycles. The van der Waals surface area contributed by atoms with Crippen molar-refractivity contribution >= 4 is 34.4 Å². The van der Waals surface area contributed by atoms with Crippen LogP contribution < -0.4 is 10.6 Å². The van der Waals surface area contributed by atoms with Crippen LogP contribution in [0.15, 0.2) is 24.3 Å². The third kappa shape index (κ3) is 5.01. The van der Waals surface area contributed by atoms with Gasteiger partial charge < -0.3 is 15.4 Å². The van der Waals surface area contributed by atoms with Gasteiger partial charge in [0.05, 0.1) is 18.7 Å². The third-order valence-electron chi connectivity index (χ3n) is 2.16. The lowest BCUT2D eigenvalue weighted by Gasteiger charge is -2.07. The van der Waals surface area contributed by atoms with Crippen molar-refractivity contribution in [2.45, 2.75) is 0 Å². The molecule has 2 amide bonds. The smallest absolute Gasteiger partial charge is 0.252 e. The number of methoxy groups -OCH3 is 1. The van der Waals surface area contributed by atoms with Crippen LogP contribution in [0.25, 0.3) is 0 Å². The van der Waals surface area contributed by atoms with Gasteiger partial charge in [-0.2, -0.15) is 0 Å². The fourth-order valence-electron chi connectivity index (χ4n) is 1.26. The van der Waals surface area contributed by atoms with Gasteiger partial charge in [-0.1, -0.05) is 12.1 Å². The molecule has 1 aromatic carbocycles. The van der Waals surface area contributed by atoms with Gasteiger partial charge in [0.2, 0.25) is 5.91 Å². The van der Waals surface area contributed by atoms with Crippen LogP contribution in [0.1, 0.15) is 10.4 Å². The number of hydrogen-bond donors (Lipinski definition) is 2. The fraction of sp³-hybridized carbons (Fsp3) is 0.333. The molecule has 18 heavy (non-hydrogen) atoms. The fourth-order valence-corrected chi connectivity index (χ4v) is 1.89. The maximum Gasteiger partial charge on any atom is 0.252 e. The number of carbonyl (C=O) groups is 2. The van der Waals surface area contributed by atoms with Gasteiger partial charge in [-0.05, 0) is 34.7 Å². The van der Waals surface area contributed by atoms with Crippen molar-refractivity contribution in [3.8, 4) is 0 Å². The number of benzene rings is 1. The Morgan fingerprint density at radius 3 is 2.67 bits per heavy atom. The normalized spacial score (nSPS) is 9.89. The molecule has 1 rings (SSSR count). The van der Waals surface area contributed by atoms with E-state index < -0.39 is 0 Å². The van der Waals surface area contributed by atoms with Crippen LogP contribution in [-0.2, 0) is 9.53 Å². The monoisotopic (exact) mass is 362 g/mol. The minimum Gasteiger partial charge on any atom is -0.383 e. The van der Waals surface area contributed by atoms with E-state index in [-0.39, 0.29) is 18.4 Å². The maximum atomic E-state index is 11.8. The van der Waals surface area contributed by atoms with Crippen LogP contribution in [0.4, 0.5) is 0 Å². The second kappa shape index (κ2) is 8.04. The minimum atomic E-state index is -0.248. The van der Waals surface area contributed by atoms with Crippen molar-refractivity contribution in [3.05, 3.63) is 33.4 Å². The van der Waals surface area contributed by atoms with Gasteiger partial charge in [-0.3, -0.25) is 9.59 Å². The topological polar surface area (TPSA) is 67.4 Å². The molecule has 0 bridgehead atoms. The number of hydrogen-bond acceptors (Lipinski definition) is 3. The number of amides is 2. The van der Waals surface area contributed by atoms with Gasteiger partial charge in [0.15, 0.2) is 0 Å². The van der Waals surface area contributed by atoms with Gasteiger partial charge in [-0.25, -0.2) is 0 Å². The zero-order valence-electron chi connectivity index (χ0n) is 10.0. The molecule has 2 N–H and O–H groups in total. The highest BCUT2D eigenvalue weighted by atomic mass is 127. The average molecular weight is 362 g/mol. The highest BCUT2D eigenvalue weighted by Crippen LogP contribution is 2.10. The summed E-state index contributed by atoms with van der Waals surface area (Å²) in [5, 5.41) is 5.19. The van der Waals surface area contributed by atoms with Crippen LogP contribution in [0.3, 0.4) is 0 Å². The first-order valence-electron chi connectivity index (χ1n) is 5.43. The standard InChI is InChI=1S/C12H15IN2O3/c1-18-7-6-14-11(16)8-15-12(17)9-4-2-3-5-10(9)13/h2-5H,6-8H2,1H3,(H,14,16)(H,15,17). The zero-order chi connectivity index (χ0) is 13.4. The molecule has 0 saturated carbocycles. The van der Waals surface area contributed by atoms with Crippen LogP contribution in [0, 0.1) is 3.57 Å². The van der Waals surface area contributed by atoms with Crippen molar-refractivity contribution in [2.24, 2.45) is 0 Å². The van der Waals surface area contributed by atoms with Crippen molar-refractivity contribution in [1.29, 1.82) is 0 Å². The summed E-state index contributed by atoms with van der Waals surface area (Å²) < 4.78 is 5.65. The van der Waals surface area contributed by atoms with E-state index in [1.807, 2.05) is 12.1 Å². The Morgan fingerprint density at radius 1 is 1.28 bits per heavy atom. The van der Waals surface area contributed by atoms with Crippen molar-refractivity contribution in [1.82, 2.24) is 10.6 Å². The molecule has 98 valence electrons. The van der Waals surface area contributed by atoms with Gasteiger partial charge in [0, 0.05) is 17.2 Å². The molecule has 6 heteroatoms. The van der Waals surface area contributed by atoms with E-state index in [1.165, 1.54) is 0 Å². The first-order valence-corrected chi connectivity index (χ1v) is 6.51. The Labute approximate surface area is 119 Å². The molecule has 5 nitrogen and oxygen atoms in total. The largest absolute Gasteiger partial charge is 0.383 e. The predicted molar refractivity (Wildman–Crippen MR) is 76.4 cm³/mol. The number of rotatable bonds is 6. The summed E-state index contributed by atoms with van der Waals surface area (Å²) in [6.45, 7) is 0.859.